The first-order chi connectivity index (χ1) is 4.09. The zero-order valence-electron chi connectivity index (χ0n) is 5.47. The molecule has 3 N–H and O–H groups in total. The van der Waals surface area contributed by atoms with Crippen LogP contribution in [0.1, 0.15) is 13.8 Å². The maximum Gasteiger partial charge on any atom is 0.155 e. The van der Waals surface area contributed by atoms with E-state index < -0.39 is 6.04 Å². The maximum absolute atomic E-state index is 10.5. The zero-order chi connectivity index (χ0) is 7.44. The van der Waals surface area contributed by atoms with Crippen molar-refractivity contribution >= 4 is 11.6 Å². The van der Waals surface area contributed by atoms with Crippen LogP contribution in [0.2, 0.25) is 0 Å². The molecule has 0 fully saturated rings. The fourth-order valence-electron chi connectivity index (χ4n) is 0.521. The van der Waals surface area contributed by atoms with Gasteiger partial charge in [-0.15, -0.1) is 0 Å². The Labute approximate surface area is 53.4 Å². The molecule has 9 heavy (non-hydrogen) atoms. The number of hydrogen-bond acceptors (Lipinski definition) is 4. The standard InChI is InChI=1S/C5H10N2O2/c1-3(8)5(7-6)4(2)9/h5,7H,6H2,1-2H3. The number of Topliss-reactive ketones (excluding diaryl/α,β-unsaturated/α-hetero) is 2. The lowest BCUT2D eigenvalue weighted by atomic mass is 10.1. The highest BCUT2D eigenvalue weighted by Gasteiger charge is 2.15. The Morgan fingerprint density at radius 3 is 1.67 bits per heavy atom. The van der Waals surface area contributed by atoms with Crippen molar-refractivity contribution in [1.29, 1.82) is 0 Å². The number of hydrazine groups is 1. The van der Waals surface area contributed by atoms with E-state index in [-0.39, 0.29) is 11.6 Å². The van der Waals surface area contributed by atoms with Crippen molar-refractivity contribution in [2.45, 2.75) is 19.9 Å². The van der Waals surface area contributed by atoms with Crippen molar-refractivity contribution in [2.24, 2.45) is 5.84 Å². The molecule has 0 aromatic heterocycles. The number of rotatable bonds is 3. The first-order valence-corrected chi connectivity index (χ1v) is 2.56. The summed E-state index contributed by atoms with van der Waals surface area (Å²) in [6.45, 7) is 2.62. The molecule has 52 valence electrons. The molecule has 4 heteroatoms. The van der Waals surface area contributed by atoms with Crippen LogP contribution in [0.15, 0.2) is 0 Å². The van der Waals surface area contributed by atoms with Gasteiger partial charge in [0.15, 0.2) is 11.6 Å². The van der Waals surface area contributed by atoms with Gasteiger partial charge in [-0.05, 0) is 13.8 Å². The fraction of sp³-hybridized carbons (Fsp3) is 0.600. The van der Waals surface area contributed by atoms with Crippen LogP contribution >= 0.6 is 0 Å². The van der Waals surface area contributed by atoms with Crippen LogP contribution in [-0.4, -0.2) is 17.6 Å². The van der Waals surface area contributed by atoms with Gasteiger partial charge in [0, 0.05) is 0 Å². The van der Waals surface area contributed by atoms with Gasteiger partial charge in [-0.2, -0.15) is 0 Å². The smallest absolute Gasteiger partial charge is 0.155 e. The van der Waals surface area contributed by atoms with Crippen molar-refractivity contribution in [2.75, 3.05) is 0 Å². The summed E-state index contributed by atoms with van der Waals surface area (Å²) in [6, 6.07) is -0.829. The second-order valence-corrected chi connectivity index (χ2v) is 1.82. The van der Waals surface area contributed by atoms with E-state index in [0.29, 0.717) is 0 Å². The van der Waals surface area contributed by atoms with Gasteiger partial charge in [-0.3, -0.25) is 15.4 Å². The van der Waals surface area contributed by atoms with Crippen LogP contribution in [0.5, 0.6) is 0 Å². The third-order valence-corrected chi connectivity index (χ3v) is 0.980. The Hall–Kier alpha value is -0.740. The van der Waals surface area contributed by atoms with Crippen molar-refractivity contribution in [3.8, 4) is 0 Å². The monoisotopic (exact) mass is 130 g/mol. The molecule has 0 unspecified atom stereocenters. The number of carbonyl (C=O) groups excluding carboxylic acids is 2. The fourth-order valence-corrected chi connectivity index (χ4v) is 0.521. The van der Waals surface area contributed by atoms with Crippen molar-refractivity contribution in [3.05, 3.63) is 0 Å². The Morgan fingerprint density at radius 2 is 1.67 bits per heavy atom. The Kier molecular flexibility index (Phi) is 3.05. The molecule has 0 aliphatic carbocycles. The van der Waals surface area contributed by atoms with Gasteiger partial charge in [0.2, 0.25) is 0 Å². The van der Waals surface area contributed by atoms with Gasteiger partial charge in [0.05, 0.1) is 0 Å². The third kappa shape index (κ3) is 2.34. The summed E-state index contributed by atoms with van der Waals surface area (Å²) >= 11 is 0. The summed E-state index contributed by atoms with van der Waals surface area (Å²) in [5.74, 6) is 4.36. The van der Waals surface area contributed by atoms with Crippen LogP contribution in [0.4, 0.5) is 0 Å². The van der Waals surface area contributed by atoms with E-state index in [2.05, 4.69) is 5.43 Å². The topological polar surface area (TPSA) is 72.2 Å². The molecule has 0 aromatic carbocycles. The molecule has 0 aliphatic heterocycles. The van der Waals surface area contributed by atoms with Gasteiger partial charge >= 0.3 is 0 Å². The average molecular weight is 130 g/mol. The lowest BCUT2D eigenvalue weighted by Gasteiger charge is -2.05. The normalized spacial score (nSPS) is 9.78. The molecule has 0 radical (unpaired) electrons. The van der Waals surface area contributed by atoms with E-state index >= 15 is 0 Å². The lowest BCUT2D eigenvalue weighted by molar-refractivity contribution is -0.127. The van der Waals surface area contributed by atoms with E-state index in [0.717, 1.165) is 0 Å². The molecule has 0 aromatic rings. The van der Waals surface area contributed by atoms with E-state index in [9.17, 15) is 9.59 Å². The van der Waals surface area contributed by atoms with Gasteiger partial charge < -0.3 is 0 Å². The summed E-state index contributed by atoms with van der Waals surface area (Å²) in [4.78, 5) is 20.9. The summed E-state index contributed by atoms with van der Waals surface area (Å²) in [5, 5.41) is 0. The van der Waals surface area contributed by atoms with E-state index in [1.54, 1.807) is 0 Å². The third-order valence-electron chi connectivity index (χ3n) is 0.980. The first-order valence-electron chi connectivity index (χ1n) is 2.56. The minimum absolute atomic E-state index is 0.259. The van der Waals surface area contributed by atoms with E-state index in [1.807, 2.05) is 0 Å². The van der Waals surface area contributed by atoms with Gasteiger partial charge in [-0.1, -0.05) is 0 Å². The molecule has 0 bridgehead atoms. The Morgan fingerprint density at radius 1 is 1.33 bits per heavy atom. The van der Waals surface area contributed by atoms with Gasteiger partial charge in [0.25, 0.3) is 0 Å². The number of hydrogen-bond donors (Lipinski definition) is 2. The summed E-state index contributed by atoms with van der Waals surface area (Å²) in [6.07, 6.45) is 0. The molecule has 0 rings (SSSR count). The van der Waals surface area contributed by atoms with E-state index in [4.69, 9.17) is 5.84 Å². The number of nitrogens with two attached hydrogens (primary N) is 1. The average Bonchev–Trinajstić information content (AvgIpc) is 1.64. The molecular weight excluding hydrogens is 120 g/mol. The highest BCUT2D eigenvalue weighted by Crippen LogP contribution is 1.84. The molecule has 4 nitrogen and oxygen atoms in total. The minimum Gasteiger partial charge on any atom is -0.298 e. The second-order valence-electron chi connectivity index (χ2n) is 1.82. The molecule has 0 heterocycles. The highest BCUT2D eigenvalue weighted by atomic mass is 16.2. The number of nitrogens with one attached hydrogen (secondary N) is 1. The van der Waals surface area contributed by atoms with Crippen LogP contribution in [0.3, 0.4) is 0 Å². The maximum atomic E-state index is 10.5. The summed E-state index contributed by atoms with van der Waals surface area (Å²) in [7, 11) is 0. The SMILES string of the molecule is CC(=O)C(NN)C(C)=O. The van der Waals surface area contributed by atoms with Gasteiger partial charge in [0.1, 0.15) is 6.04 Å². The predicted molar refractivity (Wildman–Crippen MR) is 32.5 cm³/mol. The van der Waals surface area contributed by atoms with Crippen LogP contribution < -0.4 is 11.3 Å². The molecule has 0 aliphatic rings. The number of ketones is 2. The molecule has 0 amide bonds. The van der Waals surface area contributed by atoms with Gasteiger partial charge in [-0.25, -0.2) is 5.43 Å². The highest BCUT2D eigenvalue weighted by molar-refractivity contribution is 6.04. The molecule has 0 atom stereocenters. The van der Waals surface area contributed by atoms with Crippen molar-refractivity contribution in [1.82, 2.24) is 5.43 Å². The Balaban J connectivity index is 3.99. The molecular formula is C5H10N2O2. The Bertz CT molecular complexity index is 119. The van der Waals surface area contributed by atoms with E-state index in [1.165, 1.54) is 13.8 Å². The lowest BCUT2D eigenvalue weighted by Crippen LogP contribution is -2.45. The zero-order valence-corrected chi connectivity index (χ0v) is 5.47. The predicted octanol–water partition coefficient (Wildman–Crippen LogP) is -1.00. The summed E-state index contributed by atoms with van der Waals surface area (Å²) in [5.41, 5.74) is 2.10. The van der Waals surface area contributed by atoms with Crippen molar-refractivity contribution in [3.63, 3.8) is 0 Å². The van der Waals surface area contributed by atoms with Crippen LogP contribution in [-0.2, 0) is 9.59 Å². The number of carbonyl (C=O) groups is 2. The molecule has 0 spiro atoms. The summed E-state index contributed by atoms with van der Waals surface area (Å²) < 4.78 is 0. The largest absolute Gasteiger partial charge is 0.298 e. The first kappa shape index (κ1) is 8.26. The van der Waals surface area contributed by atoms with Crippen LogP contribution in [0, 0.1) is 0 Å². The van der Waals surface area contributed by atoms with Crippen LogP contribution in [0.25, 0.3) is 0 Å². The quantitative estimate of drug-likeness (QED) is 0.292. The molecule has 0 saturated heterocycles. The minimum atomic E-state index is -0.829. The molecule has 0 saturated carbocycles. The second kappa shape index (κ2) is 3.32. The van der Waals surface area contributed by atoms with Crippen molar-refractivity contribution < 1.29 is 9.59 Å².